The number of thioether (sulfide) groups is 1. The third kappa shape index (κ3) is 3.61. The standard InChI is InChI=1S/C19H26N2O2S/c1-3-18(22)20-11-6-7-15(13-20)19(23)21-12-10-14(2)24-17-9-5-4-8-16(17)21/h4-5,8-9,14-15H,3,6-7,10-13H2,1-2H3/t14-,15+/m1/s1. The monoisotopic (exact) mass is 346 g/mol. The minimum Gasteiger partial charge on any atom is -0.342 e. The first-order valence-electron chi connectivity index (χ1n) is 8.95. The predicted octanol–water partition coefficient (Wildman–Crippen LogP) is 3.55. The Labute approximate surface area is 148 Å². The molecule has 2 heterocycles. The highest BCUT2D eigenvalue weighted by atomic mass is 32.2. The first-order chi connectivity index (χ1) is 11.6. The van der Waals surface area contributed by atoms with E-state index in [0.717, 1.165) is 38.0 Å². The van der Waals surface area contributed by atoms with Gasteiger partial charge in [0.1, 0.15) is 0 Å². The van der Waals surface area contributed by atoms with Crippen LogP contribution in [0.3, 0.4) is 0 Å². The van der Waals surface area contributed by atoms with Crippen molar-refractivity contribution < 1.29 is 9.59 Å². The summed E-state index contributed by atoms with van der Waals surface area (Å²) in [5.74, 6) is 0.277. The van der Waals surface area contributed by atoms with Crippen LogP contribution in [0.4, 0.5) is 5.69 Å². The highest BCUT2D eigenvalue weighted by Gasteiger charge is 2.33. The zero-order valence-corrected chi connectivity index (χ0v) is 15.3. The molecular formula is C19H26N2O2S. The molecule has 0 unspecified atom stereocenters. The van der Waals surface area contributed by atoms with Gasteiger partial charge in [-0.2, -0.15) is 0 Å². The predicted molar refractivity (Wildman–Crippen MR) is 98.3 cm³/mol. The molecule has 0 bridgehead atoms. The van der Waals surface area contributed by atoms with Gasteiger partial charge in [0, 0.05) is 36.2 Å². The number of rotatable bonds is 2. The van der Waals surface area contributed by atoms with Crippen LogP contribution in [0.2, 0.25) is 0 Å². The number of fused-ring (bicyclic) bond motifs is 1. The Bertz CT molecular complexity index is 619. The molecule has 1 saturated heterocycles. The van der Waals surface area contributed by atoms with Gasteiger partial charge in [-0.3, -0.25) is 9.59 Å². The number of carbonyl (C=O) groups is 2. The first-order valence-corrected chi connectivity index (χ1v) is 9.83. The summed E-state index contributed by atoms with van der Waals surface area (Å²) in [4.78, 5) is 30.2. The zero-order valence-electron chi connectivity index (χ0n) is 14.5. The number of hydrogen-bond acceptors (Lipinski definition) is 3. The van der Waals surface area contributed by atoms with E-state index in [1.165, 1.54) is 4.90 Å². The molecule has 0 N–H and O–H groups in total. The van der Waals surface area contributed by atoms with E-state index in [4.69, 9.17) is 0 Å². The summed E-state index contributed by atoms with van der Waals surface area (Å²) >= 11 is 1.85. The zero-order chi connectivity index (χ0) is 17.1. The molecule has 5 heteroatoms. The molecule has 2 atom stereocenters. The van der Waals surface area contributed by atoms with Crippen molar-refractivity contribution in [3.8, 4) is 0 Å². The lowest BCUT2D eigenvalue weighted by Crippen LogP contribution is -2.47. The van der Waals surface area contributed by atoms with Gasteiger partial charge in [0.2, 0.25) is 11.8 Å². The van der Waals surface area contributed by atoms with Crippen LogP contribution in [0.5, 0.6) is 0 Å². The maximum absolute atomic E-state index is 13.2. The van der Waals surface area contributed by atoms with E-state index in [2.05, 4.69) is 19.1 Å². The molecule has 1 aromatic carbocycles. The Balaban J connectivity index is 1.80. The largest absolute Gasteiger partial charge is 0.342 e. The molecule has 2 amide bonds. The van der Waals surface area contributed by atoms with Crippen LogP contribution in [0.1, 0.15) is 39.5 Å². The van der Waals surface area contributed by atoms with Gasteiger partial charge in [0.25, 0.3) is 0 Å². The van der Waals surface area contributed by atoms with Gasteiger partial charge >= 0.3 is 0 Å². The Morgan fingerprint density at radius 1 is 1.21 bits per heavy atom. The highest BCUT2D eigenvalue weighted by molar-refractivity contribution is 8.00. The lowest BCUT2D eigenvalue weighted by Gasteiger charge is -2.35. The third-order valence-corrected chi connectivity index (χ3v) is 6.17. The maximum atomic E-state index is 13.2. The topological polar surface area (TPSA) is 40.6 Å². The van der Waals surface area contributed by atoms with Gasteiger partial charge in [0.15, 0.2) is 0 Å². The fraction of sp³-hybridized carbons (Fsp3) is 0.579. The average molecular weight is 346 g/mol. The summed E-state index contributed by atoms with van der Waals surface area (Å²) in [5, 5.41) is 0.508. The lowest BCUT2D eigenvalue weighted by atomic mass is 9.95. The molecule has 130 valence electrons. The summed E-state index contributed by atoms with van der Waals surface area (Å²) in [6, 6.07) is 8.20. The van der Waals surface area contributed by atoms with Crippen molar-refractivity contribution in [2.24, 2.45) is 5.92 Å². The van der Waals surface area contributed by atoms with E-state index in [-0.39, 0.29) is 17.7 Å². The van der Waals surface area contributed by atoms with Crippen LogP contribution in [0.25, 0.3) is 0 Å². The van der Waals surface area contributed by atoms with Crippen molar-refractivity contribution in [2.45, 2.75) is 49.7 Å². The van der Waals surface area contributed by atoms with Crippen LogP contribution in [0.15, 0.2) is 29.2 Å². The molecule has 0 aromatic heterocycles. The van der Waals surface area contributed by atoms with Crippen LogP contribution in [-0.4, -0.2) is 41.6 Å². The Morgan fingerprint density at radius 3 is 2.79 bits per heavy atom. The van der Waals surface area contributed by atoms with Crippen molar-refractivity contribution in [3.63, 3.8) is 0 Å². The van der Waals surface area contributed by atoms with E-state index in [1.54, 1.807) is 0 Å². The minimum atomic E-state index is -0.0688. The molecule has 24 heavy (non-hydrogen) atoms. The number of hydrogen-bond donors (Lipinski definition) is 0. The second-order valence-corrected chi connectivity index (χ2v) is 8.19. The second kappa shape index (κ2) is 7.60. The average Bonchev–Trinajstić information content (AvgIpc) is 2.78. The van der Waals surface area contributed by atoms with E-state index >= 15 is 0 Å². The first kappa shape index (κ1) is 17.3. The summed E-state index contributed by atoms with van der Waals surface area (Å²) < 4.78 is 0. The number of carbonyl (C=O) groups excluding carboxylic acids is 2. The molecule has 0 radical (unpaired) electrons. The summed E-state index contributed by atoms with van der Waals surface area (Å²) in [5.41, 5.74) is 1.04. The van der Waals surface area contributed by atoms with E-state index in [9.17, 15) is 9.59 Å². The summed E-state index contributed by atoms with van der Waals surface area (Å²) in [6.07, 6.45) is 3.31. The number of piperidine rings is 1. The van der Waals surface area contributed by atoms with Crippen molar-refractivity contribution in [2.75, 3.05) is 24.5 Å². The van der Waals surface area contributed by atoms with Crippen molar-refractivity contribution in [3.05, 3.63) is 24.3 Å². The van der Waals surface area contributed by atoms with Crippen LogP contribution in [0, 0.1) is 5.92 Å². The summed E-state index contributed by atoms with van der Waals surface area (Å²) in [6.45, 7) is 6.24. The van der Waals surface area contributed by atoms with Gasteiger partial charge in [-0.1, -0.05) is 26.0 Å². The number of likely N-dealkylation sites (tertiary alicyclic amines) is 1. The maximum Gasteiger partial charge on any atom is 0.231 e. The number of benzene rings is 1. The van der Waals surface area contributed by atoms with Gasteiger partial charge in [-0.15, -0.1) is 11.8 Å². The number of nitrogens with zero attached hydrogens (tertiary/aromatic N) is 2. The van der Waals surface area contributed by atoms with Crippen LogP contribution in [-0.2, 0) is 9.59 Å². The van der Waals surface area contributed by atoms with Gasteiger partial charge in [0.05, 0.1) is 11.6 Å². The fourth-order valence-corrected chi connectivity index (χ4v) is 4.68. The molecule has 1 fully saturated rings. The quantitative estimate of drug-likeness (QED) is 0.822. The van der Waals surface area contributed by atoms with Crippen molar-refractivity contribution in [1.29, 1.82) is 0 Å². The summed E-state index contributed by atoms with van der Waals surface area (Å²) in [7, 11) is 0. The Kier molecular flexibility index (Phi) is 5.49. The van der Waals surface area contributed by atoms with Gasteiger partial charge in [-0.05, 0) is 31.4 Å². The minimum absolute atomic E-state index is 0.0688. The molecule has 1 aromatic rings. The number of amides is 2. The van der Waals surface area contributed by atoms with Gasteiger partial charge in [-0.25, -0.2) is 0 Å². The van der Waals surface area contributed by atoms with Crippen LogP contribution >= 0.6 is 11.8 Å². The Morgan fingerprint density at radius 2 is 2.00 bits per heavy atom. The molecule has 2 aliphatic rings. The molecule has 0 saturated carbocycles. The molecule has 0 spiro atoms. The van der Waals surface area contributed by atoms with Crippen LogP contribution < -0.4 is 4.90 Å². The smallest absolute Gasteiger partial charge is 0.231 e. The van der Waals surface area contributed by atoms with Crippen molar-refractivity contribution in [1.82, 2.24) is 4.90 Å². The normalized spacial score (nSPS) is 24.2. The highest BCUT2D eigenvalue weighted by Crippen LogP contribution is 2.38. The molecule has 3 rings (SSSR count). The van der Waals surface area contributed by atoms with Gasteiger partial charge < -0.3 is 9.80 Å². The van der Waals surface area contributed by atoms with E-state index < -0.39 is 0 Å². The number of anilines is 1. The second-order valence-electron chi connectivity index (χ2n) is 6.71. The molecular weight excluding hydrogens is 320 g/mol. The molecule has 2 aliphatic heterocycles. The fourth-order valence-electron chi connectivity index (χ4n) is 3.56. The van der Waals surface area contributed by atoms with E-state index in [1.807, 2.05) is 40.6 Å². The number of para-hydroxylation sites is 1. The molecule has 0 aliphatic carbocycles. The van der Waals surface area contributed by atoms with E-state index in [0.29, 0.717) is 18.2 Å². The lowest BCUT2D eigenvalue weighted by molar-refractivity contribution is -0.134. The molecule has 4 nitrogen and oxygen atoms in total. The Hall–Kier alpha value is -1.49. The third-order valence-electron chi connectivity index (χ3n) is 4.94. The van der Waals surface area contributed by atoms with Crippen molar-refractivity contribution >= 4 is 29.3 Å². The SMILES string of the molecule is CCC(=O)N1CCC[C@H](C(=O)N2CC[C@@H](C)Sc3ccccc32)C1.